The number of hydrogen-bond acceptors (Lipinski definition) is 4. The largest absolute Gasteiger partial charge is 0.487 e. The van der Waals surface area contributed by atoms with E-state index in [1.807, 2.05) is 6.07 Å². The zero-order chi connectivity index (χ0) is 15.5. The second kappa shape index (κ2) is 6.07. The van der Waals surface area contributed by atoms with E-state index in [1.165, 1.54) is 7.11 Å². The van der Waals surface area contributed by atoms with E-state index in [4.69, 9.17) is 21.1 Å². The summed E-state index contributed by atoms with van der Waals surface area (Å²) in [7, 11) is 1.35. The third-order valence-corrected chi connectivity index (χ3v) is 3.45. The van der Waals surface area contributed by atoms with E-state index in [0.717, 1.165) is 5.69 Å². The number of nitrogens with zero attached hydrogens (tertiary/aromatic N) is 2. The minimum atomic E-state index is -0.420. The molecule has 0 unspecified atom stereocenters. The van der Waals surface area contributed by atoms with Gasteiger partial charge in [0, 0.05) is 5.02 Å². The molecule has 0 saturated carbocycles. The number of halogens is 1. The summed E-state index contributed by atoms with van der Waals surface area (Å²) >= 11 is 5.84. The van der Waals surface area contributed by atoms with Gasteiger partial charge in [-0.25, -0.2) is 9.78 Å². The first-order valence-electron chi connectivity index (χ1n) is 6.61. The van der Waals surface area contributed by atoms with Crippen LogP contribution in [0.25, 0.3) is 5.65 Å². The minimum absolute atomic E-state index is 0.275. The SMILES string of the molecule is COC(=O)c1cccc2ncc(COc3ccc(Cl)cc3)n12. The standard InChI is InChI=1S/C16H13ClN2O3/c1-21-16(20)14-3-2-4-15-18-9-12(19(14)15)10-22-13-7-5-11(17)6-8-13/h2-9H,10H2,1H3. The van der Waals surface area contributed by atoms with Crippen LogP contribution in [-0.2, 0) is 11.3 Å². The van der Waals surface area contributed by atoms with Gasteiger partial charge in [-0.3, -0.25) is 4.40 Å². The zero-order valence-electron chi connectivity index (χ0n) is 11.8. The minimum Gasteiger partial charge on any atom is -0.487 e. The molecule has 22 heavy (non-hydrogen) atoms. The second-order valence-electron chi connectivity index (χ2n) is 4.59. The van der Waals surface area contributed by atoms with Gasteiger partial charge in [0.05, 0.1) is 19.0 Å². The number of esters is 1. The summed E-state index contributed by atoms with van der Waals surface area (Å²) in [6.45, 7) is 0.275. The maximum Gasteiger partial charge on any atom is 0.355 e. The summed E-state index contributed by atoms with van der Waals surface area (Å²) in [4.78, 5) is 16.1. The first-order valence-corrected chi connectivity index (χ1v) is 6.99. The molecule has 112 valence electrons. The quantitative estimate of drug-likeness (QED) is 0.693. The van der Waals surface area contributed by atoms with Gasteiger partial charge in [0.15, 0.2) is 0 Å². The van der Waals surface area contributed by atoms with Crippen LogP contribution in [0.3, 0.4) is 0 Å². The Balaban J connectivity index is 1.90. The van der Waals surface area contributed by atoms with E-state index in [2.05, 4.69) is 4.98 Å². The second-order valence-corrected chi connectivity index (χ2v) is 5.02. The average Bonchev–Trinajstić information content (AvgIpc) is 2.97. The fourth-order valence-electron chi connectivity index (χ4n) is 2.15. The van der Waals surface area contributed by atoms with Gasteiger partial charge in [-0.05, 0) is 36.4 Å². The molecule has 0 aliphatic carbocycles. The number of carbonyl (C=O) groups excluding carboxylic acids is 1. The molecule has 2 heterocycles. The summed E-state index contributed by atoms with van der Waals surface area (Å²) in [6.07, 6.45) is 1.68. The van der Waals surface area contributed by atoms with Crippen molar-refractivity contribution in [1.29, 1.82) is 0 Å². The van der Waals surface area contributed by atoms with Gasteiger partial charge in [-0.2, -0.15) is 0 Å². The Morgan fingerprint density at radius 3 is 2.73 bits per heavy atom. The Kier molecular flexibility index (Phi) is 3.98. The lowest BCUT2D eigenvalue weighted by Crippen LogP contribution is -2.10. The van der Waals surface area contributed by atoms with Crippen molar-refractivity contribution in [2.45, 2.75) is 6.61 Å². The number of rotatable bonds is 4. The first kappa shape index (κ1) is 14.4. The zero-order valence-corrected chi connectivity index (χ0v) is 12.6. The van der Waals surface area contributed by atoms with Gasteiger partial charge in [-0.15, -0.1) is 0 Å². The van der Waals surface area contributed by atoms with Crippen molar-refractivity contribution >= 4 is 23.2 Å². The topological polar surface area (TPSA) is 52.8 Å². The van der Waals surface area contributed by atoms with Crippen LogP contribution in [0, 0.1) is 0 Å². The molecule has 3 rings (SSSR count). The highest BCUT2D eigenvalue weighted by atomic mass is 35.5. The van der Waals surface area contributed by atoms with Gasteiger partial charge >= 0.3 is 5.97 Å². The highest BCUT2D eigenvalue weighted by Gasteiger charge is 2.14. The third-order valence-electron chi connectivity index (χ3n) is 3.20. The van der Waals surface area contributed by atoms with E-state index in [0.29, 0.717) is 22.1 Å². The highest BCUT2D eigenvalue weighted by Crippen LogP contribution is 2.18. The number of imidazole rings is 1. The van der Waals surface area contributed by atoms with E-state index < -0.39 is 5.97 Å². The Bertz CT molecular complexity index is 812. The van der Waals surface area contributed by atoms with Crippen LogP contribution in [0.5, 0.6) is 5.75 Å². The molecule has 0 bridgehead atoms. The molecule has 0 aliphatic heterocycles. The van der Waals surface area contributed by atoms with Gasteiger partial charge in [0.2, 0.25) is 0 Å². The fraction of sp³-hybridized carbons (Fsp3) is 0.125. The van der Waals surface area contributed by atoms with Crippen molar-refractivity contribution in [2.24, 2.45) is 0 Å². The van der Waals surface area contributed by atoms with Crippen molar-refractivity contribution in [3.05, 3.63) is 65.1 Å². The predicted octanol–water partition coefficient (Wildman–Crippen LogP) is 3.35. The van der Waals surface area contributed by atoms with Gasteiger partial charge in [0.25, 0.3) is 0 Å². The molecule has 5 nitrogen and oxygen atoms in total. The maximum atomic E-state index is 11.9. The van der Waals surface area contributed by atoms with Crippen LogP contribution in [-0.4, -0.2) is 22.5 Å². The molecule has 0 N–H and O–H groups in total. The number of pyridine rings is 1. The van der Waals surface area contributed by atoms with E-state index in [-0.39, 0.29) is 6.61 Å². The Morgan fingerprint density at radius 2 is 2.00 bits per heavy atom. The van der Waals surface area contributed by atoms with Gasteiger partial charge in [-0.1, -0.05) is 17.7 Å². The molecular weight excluding hydrogens is 304 g/mol. The van der Waals surface area contributed by atoms with E-state index in [1.54, 1.807) is 47.0 Å². The van der Waals surface area contributed by atoms with Crippen LogP contribution in [0.15, 0.2) is 48.7 Å². The predicted molar refractivity (Wildman–Crippen MR) is 82.3 cm³/mol. The van der Waals surface area contributed by atoms with Crippen molar-refractivity contribution in [1.82, 2.24) is 9.38 Å². The molecule has 0 aliphatic rings. The number of ether oxygens (including phenoxy) is 2. The number of fused-ring (bicyclic) bond motifs is 1. The van der Waals surface area contributed by atoms with E-state index in [9.17, 15) is 4.79 Å². The smallest absolute Gasteiger partial charge is 0.355 e. The van der Waals surface area contributed by atoms with Crippen molar-refractivity contribution in [2.75, 3.05) is 7.11 Å². The molecule has 0 amide bonds. The molecule has 0 fully saturated rings. The van der Waals surface area contributed by atoms with Crippen LogP contribution in [0.2, 0.25) is 5.02 Å². The molecule has 2 aromatic heterocycles. The van der Waals surface area contributed by atoms with Gasteiger partial charge < -0.3 is 9.47 Å². The summed E-state index contributed by atoms with van der Waals surface area (Å²) in [5.41, 5.74) is 1.83. The lowest BCUT2D eigenvalue weighted by atomic mass is 10.3. The summed E-state index contributed by atoms with van der Waals surface area (Å²) in [6, 6.07) is 12.3. The molecule has 6 heteroatoms. The summed E-state index contributed by atoms with van der Waals surface area (Å²) in [5.74, 6) is 0.270. The summed E-state index contributed by atoms with van der Waals surface area (Å²) < 4.78 is 12.2. The Morgan fingerprint density at radius 1 is 1.23 bits per heavy atom. The third kappa shape index (κ3) is 2.76. The first-order chi connectivity index (χ1) is 10.7. The average molecular weight is 317 g/mol. The molecule has 0 saturated heterocycles. The van der Waals surface area contributed by atoms with Crippen LogP contribution in [0.4, 0.5) is 0 Å². The Labute approximate surface area is 132 Å². The van der Waals surface area contributed by atoms with Crippen LogP contribution in [0.1, 0.15) is 16.2 Å². The summed E-state index contributed by atoms with van der Waals surface area (Å²) in [5, 5.41) is 0.648. The number of benzene rings is 1. The van der Waals surface area contributed by atoms with Crippen molar-refractivity contribution < 1.29 is 14.3 Å². The maximum absolute atomic E-state index is 11.9. The van der Waals surface area contributed by atoms with Gasteiger partial charge in [0.1, 0.15) is 23.7 Å². The van der Waals surface area contributed by atoms with E-state index >= 15 is 0 Å². The number of aromatic nitrogens is 2. The van der Waals surface area contributed by atoms with Crippen LogP contribution >= 0.6 is 11.6 Å². The number of hydrogen-bond donors (Lipinski definition) is 0. The highest BCUT2D eigenvalue weighted by molar-refractivity contribution is 6.30. The lowest BCUT2D eigenvalue weighted by Gasteiger charge is -2.09. The van der Waals surface area contributed by atoms with Crippen LogP contribution < -0.4 is 4.74 Å². The molecular formula is C16H13ClN2O3. The number of carbonyl (C=O) groups is 1. The monoisotopic (exact) mass is 316 g/mol. The van der Waals surface area contributed by atoms with Crippen molar-refractivity contribution in [3.63, 3.8) is 0 Å². The molecule has 1 aromatic carbocycles. The normalized spacial score (nSPS) is 10.6. The molecule has 0 radical (unpaired) electrons. The fourth-order valence-corrected chi connectivity index (χ4v) is 2.28. The van der Waals surface area contributed by atoms with Crippen molar-refractivity contribution in [3.8, 4) is 5.75 Å². The number of methoxy groups -OCH3 is 1. The molecule has 0 spiro atoms. The molecule has 3 aromatic rings. The lowest BCUT2D eigenvalue weighted by molar-refractivity contribution is 0.0591. The Hall–Kier alpha value is -2.53. The molecule has 0 atom stereocenters.